The van der Waals surface area contributed by atoms with Crippen molar-refractivity contribution in [1.29, 1.82) is 0 Å². The van der Waals surface area contributed by atoms with E-state index in [0.717, 1.165) is 17.7 Å². The van der Waals surface area contributed by atoms with Crippen molar-refractivity contribution in [3.05, 3.63) is 70.9 Å². The summed E-state index contributed by atoms with van der Waals surface area (Å²) in [6.45, 7) is 3.66. The number of hydrogen-bond acceptors (Lipinski definition) is 5. The van der Waals surface area contributed by atoms with E-state index in [9.17, 15) is 13.6 Å². The summed E-state index contributed by atoms with van der Waals surface area (Å²) in [5.41, 5.74) is 2.20. The van der Waals surface area contributed by atoms with E-state index in [1.54, 1.807) is 0 Å². The topological polar surface area (TPSA) is 76.1 Å². The molecule has 0 spiro atoms. The van der Waals surface area contributed by atoms with E-state index in [1.807, 2.05) is 24.3 Å². The summed E-state index contributed by atoms with van der Waals surface area (Å²) in [6, 6.07) is 11.3. The SMILES string of the molecule is CC1(c2ccc(Nc3nc(-c4c(F)cccc4F)nc4c3C(=O)NC4)cc2)COC1. The van der Waals surface area contributed by atoms with Gasteiger partial charge in [0.2, 0.25) is 0 Å². The molecule has 5 rings (SSSR count). The van der Waals surface area contributed by atoms with Crippen LogP contribution in [0, 0.1) is 11.6 Å². The van der Waals surface area contributed by atoms with E-state index in [0.29, 0.717) is 24.6 Å². The minimum atomic E-state index is -0.765. The zero-order valence-electron chi connectivity index (χ0n) is 16.1. The highest BCUT2D eigenvalue weighted by molar-refractivity contribution is 6.03. The molecule has 6 nitrogen and oxygen atoms in total. The summed E-state index contributed by atoms with van der Waals surface area (Å²) in [7, 11) is 0. The van der Waals surface area contributed by atoms with E-state index in [1.165, 1.54) is 6.07 Å². The average molecular weight is 408 g/mol. The number of nitrogens with zero attached hydrogens (tertiary/aromatic N) is 2. The van der Waals surface area contributed by atoms with Crippen LogP contribution in [0.1, 0.15) is 28.5 Å². The Hall–Kier alpha value is -3.39. The predicted molar refractivity (Wildman–Crippen MR) is 106 cm³/mol. The number of nitrogens with one attached hydrogen (secondary N) is 2. The van der Waals surface area contributed by atoms with Gasteiger partial charge < -0.3 is 15.4 Å². The predicted octanol–water partition coefficient (Wildman–Crippen LogP) is 3.70. The number of carbonyl (C=O) groups excluding carboxylic acids is 1. The number of halogens is 2. The summed E-state index contributed by atoms with van der Waals surface area (Å²) in [5, 5.41) is 5.79. The van der Waals surface area contributed by atoms with Crippen molar-refractivity contribution in [2.24, 2.45) is 0 Å². The van der Waals surface area contributed by atoms with Crippen molar-refractivity contribution >= 4 is 17.4 Å². The Morgan fingerprint density at radius 2 is 1.73 bits per heavy atom. The van der Waals surface area contributed by atoms with Crippen LogP contribution in [0.5, 0.6) is 0 Å². The van der Waals surface area contributed by atoms with Gasteiger partial charge in [-0.05, 0) is 29.8 Å². The molecule has 8 heteroatoms. The van der Waals surface area contributed by atoms with Gasteiger partial charge in [0.1, 0.15) is 23.0 Å². The second kappa shape index (κ2) is 6.84. The van der Waals surface area contributed by atoms with Crippen LogP contribution < -0.4 is 10.6 Å². The minimum Gasteiger partial charge on any atom is -0.379 e. The Morgan fingerprint density at radius 3 is 2.37 bits per heavy atom. The summed E-state index contributed by atoms with van der Waals surface area (Å²) < 4.78 is 33.9. The smallest absolute Gasteiger partial charge is 0.257 e. The maximum atomic E-state index is 14.3. The lowest BCUT2D eigenvalue weighted by Crippen LogP contribution is -2.43. The zero-order valence-corrected chi connectivity index (χ0v) is 16.1. The quantitative estimate of drug-likeness (QED) is 0.689. The van der Waals surface area contributed by atoms with Gasteiger partial charge in [0.15, 0.2) is 5.82 Å². The molecular formula is C22H18F2N4O2. The number of carbonyl (C=O) groups is 1. The molecule has 2 aromatic carbocycles. The van der Waals surface area contributed by atoms with Crippen LogP contribution in [0.25, 0.3) is 11.4 Å². The van der Waals surface area contributed by atoms with Crippen molar-refractivity contribution < 1.29 is 18.3 Å². The first kappa shape index (κ1) is 18.6. The monoisotopic (exact) mass is 408 g/mol. The molecule has 3 heterocycles. The van der Waals surface area contributed by atoms with E-state index in [2.05, 4.69) is 27.5 Å². The van der Waals surface area contributed by atoms with Gasteiger partial charge in [0.05, 0.1) is 31.0 Å². The Kier molecular flexibility index (Phi) is 4.25. The van der Waals surface area contributed by atoms with Gasteiger partial charge in [-0.3, -0.25) is 4.79 Å². The maximum Gasteiger partial charge on any atom is 0.257 e. The highest BCUT2D eigenvalue weighted by atomic mass is 19.1. The van der Waals surface area contributed by atoms with Crippen molar-refractivity contribution in [3.63, 3.8) is 0 Å². The summed E-state index contributed by atoms with van der Waals surface area (Å²) >= 11 is 0. The van der Waals surface area contributed by atoms with E-state index in [4.69, 9.17) is 4.74 Å². The molecule has 2 aliphatic heterocycles. The van der Waals surface area contributed by atoms with Gasteiger partial charge in [0, 0.05) is 11.1 Å². The number of benzene rings is 2. The Balaban J connectivity index is 1.54. The first-order chi connectivity index (χ1) is 14.4. The van der Waals surface area contributed by atoms with Gasteiger partial charge >= 0.3 is 0 Å². The largest absolute Gasteiger partial charge is 0.379 e. The molecule has 1 fully saturated rings. The lowest BCUT2D eigenvalue weighted by Gasteiger charge is -2.38. The molecule has 0 bridgehead atoms. The van der Waals surface area contributed by atoms with Gasteiger partial charge in [-0.1, -0.05) is 25.1 Å². The molecule has 0 radical (unpaired) electrons. The third-order valence-electron chi connectivity index (χ3n) is 5.50. The fourth-order valence-corrected chi connectivity index (χ4v) is 3.71. The molecule has 1 saturated heterocycles. The number of amides is 1. The first-order valence-electron chi connectivity index (χ1n) is 9.53. The molecule has 2 aliphatic rings. The number of aromatic nitrogens is 2. The van der Waals surface area contributed by atoms with Gasteiger partial charge in [-0.15, -0.1) is 0 Å². The molecule has 1 aromatic heterocycles. The molecule has 152 valence electrons. The lowest BCUT2D eigenvalue weighted by molar-refractivity contribution is -0.0499. The van der Waals surface area contributed by atoms with Crippen LogP contribution in [-0.2, 0) is 16.7 Å². The van der Waals surface area contributed by atoms with Crippen LogP contribution in [0.3, 0.4) is 0 Å². The molecule has 0 unspecified atom stereocenters. The molecule has 0 aliphatic carbocycles. The molecule has 3 aromatic rings. The van der Waals surface area contributed by atoms with Crippen LogP contribution in [0.15, 0.2) is 42.5 Å². The number of hydrogen-bond donors (Lipinski definition) is 2. The average Bonchev–Trinajstić information content (AvgIpc) is 3.08. The molecule has 30 heavy (non-hydrogen) atoms. The second-order valence-corrected chi connectivity index (χ2v) is 7.75. The zero-order chi connectivity index (χ0) is 20.9. The number of ether oxygens (including phenoxy) is 1. The number of rotatable bonds is 4. The van der Waals surface area contributed by atoms with Crippen LogP contribution >= 0.6 is 0 Å². The summed E-state index contributed by atoms with van der Waals surface area (Å²) in [6.07, 6.45) is 0. The third-order valence-corrected chi connectivity index (χ3v) is 5.50. The highest BCUT2D eigenvalue weighted by Crippen LogP contribution is 2.34. The number of anilines is 2. The van der Waals surface area contributed by atoms with Gasteiger partial charge in [0.25, 0.3) is 5.91 Å². The fourth-order valence-electron chi connectivity index (χ4n) is 3.71. The number of fused-ring (bicyclic) bond motifs is 1. The normalized spacial score (nSPS) is 16.6. The Bertz CT molecular complexity index is 1140. The van der Waals surface area contributed by atoms with Crippen LogP contribution in [0.4, 0.5) is 20.3 Å². The van der Waals surface area contributed by atoms with Crippen molar-refractivity contribution in [2.45, 2.75) is 18.9 Å². The third kappa shape index (κ3) is 3.00. The van der Waals surface area contributed by atoms with Gasteiger partial charge in [-0.25, -0.2) is 18.7 Å². The summed E-state index contributed by atoms with van der Waals surface area (Å²) in [4.78, 5) is 20.8. The van der Waals surface area contributed by atoms with Crippen LogP contribution in [0.2, 0.25) is 0 Å². The Labute approximate surface area is 171 Å². The van der Waals surface area contributed by atoms with E-state index >= 15 is 0 Å². The van der Waals surface area contributed by atoms with Crippen molar-refractivity contribution in [2.75, 3.05) is 18.5 Å². The lowest BCUT2D eigenvalue weighted by atomic mass is 9.81. The molecule has 0 saturated carbocycles. The fraction of sp³-hybridized carbons (Fsp3) is 0.227. The minimum absolute atomic E-state index is 0.00408. The molecular weight excluding hydrogens is 390 g/mol. The van der Waals surface area contributed by atoms with E-state index in [-0.39, 0.29) is 40.6 Å². The first-order valence-corrected chi connectivity index (χ1v) is 9.53. The summed E-state index contributed by atoms with van der Waals surface area (Å²) in [5.74, 6) is -1.77. The molecule has 2 N–H and O–H groups in total. The van der Waals surface area contributed by atoms with Crippen molar-refractivity contribution in [1.82, 2.24) is 15.3 Å². The Morgan fingerprint density at radius 1 is 1.03 bits per heavy atom. The van der Waals surface area contributed by atoms with Crippen LogP contribution in [-0.4, -0.2) is 29.1 Å². The van der Waals surface area contributed by atoms with Crippen molar-refractivity contribution in [3.8, 4) is 11.4 Å². The molecule has 1 amide bonds. The standard InChI is InChI=1S/C22H18F2N4O2/c1-22(10-30-11-22)12-5-7-13(8-6-12)26-20-18-16(9-25-21(18)29)27-19(28-20)17-14(23)3-2-4-15(17)24/h2-8H,9-11H2,1H3,(H,25,29)(H,26,27,28). The van der Waals surface area contributed by atoms with E-state index < -0.39 is 11.6 Å². The maximum absolute atomic E-state index is 14.3. The second-order valence-electron chi connectivity index (χ2n) is 7.75. The van der Waals surface area contributed by atoms with Gasteiger partial charge in [-0.2, -0.15) is 0 Å². The molecule has 0 atom stereocenters. The highest BCUT2D eigenvalue weighted by Gasteiger charge is 2.35.